The van der Waals surface area contributed by atoms with E-state index in [9.17, 15) is 4.79 Å². The van der Waals surface area contributed by atoms with Gasteiger partial charge < -0.3 is 21.5 Å². The molecule has 1 heterocycles. The first-order chi connectivity index (χ1) is 7.66. The molecule has 1 amide bonds. The molecule has 1 aromatic heterocycles. The van der Waals surface area contributed by atoms with Crippen molar-refractivity contribution in [3.63, 3.8) is 0 Å². The summed E-state index contributed by atoms with van der Waals surface area (Å²) in [5.41, 5.74) is 11.0. The Kier molecular flexibility index (Phi) is 5.00. The minimum atomic E-state index is -0.557. The Balaban J connectivity index is 2.45. The molecule has 0 aliphatic carbocycles. The lowest BCUT2D eigenvalue weighted by Gasteiger charge is -2.04. The summed E-state index contributed by atoms with van der Waals surface area (Å²) >= 11 is 1.14. The van der Waals surface area contributed by atoms with Gasteiger partial charge in [0.2, 0.25) is 0 Å². The number of primary amides is 1. The Morgan fingerprint density at radius 3 is 3.00 bits per heavy atom. The van der Waals surface area contributed by atoms with Crippen LogP contribution in [0, 0.1) is 0 Å². The average molecular weight is 244 g/mol. The standard InChI is InChI=1S/C9H16N4O2S/c1-2-15-5-3-4-12-9-6(8(11)14)7(10)13-16-9/h12H,2-5H2,1H3,(H2,10,13)(H2,11,14). The maximum atomic E-state index is 11.1. The molecule has 0 unspecified atom stereocenters. The molecule has 1 aromatic rings. The fourth-order valence-corrected chi connectivity index (χ4v) is 1.93. The fourth-order valence-electron chi connectivity index (χ4n) is 1.18. The minimum absolute atomic E-state index is 0.185. The summed E-state index contributed by atoms with van der Waals surface area (Å²) in [6.45, 7) is 4.04. The lowest BCUT2D eigenvalue weighted by atomic mass is 10.3. The highest BCUT2D eigenvalue weighted by atomic mass is 32.1. The van der Waals surface area contributed by atoms with Gasteiger partial charge in [0.15, 0.2) is 5.82 Å². The summed E-state index contributed by atoms with van der Waals surface area (Å²) in [6, 6.07) is 0. The van der Waals surface area contributed by atoms with E-state index < -0.39 is 5.91 Å². The molecule has 0 fully saturated rings. The smallest absolute Gasteiger partial charge is 0.255 e. The molecular formula is C9H16N4O2S. The number of carbonyl (C=O) groups excluding carboxylic acids is 1. The number of rotatable bonds is 7. The summed E-state index contributed by atoms with van der Waals surface area (Å²) in [6.07, 6.45) is 0.851. The minimum Gasteiger partial charge on any atom is -0.382 e. The third-order valence-electron chi connectivity index (χ3n) is 1.92. The Morgan fingerprint density at radius 2 is 2.38 bits per heavy atom. The molecule has 7 heteroatoms. The van der Waals surface area contributed by atoms with E-state index in [1.807, 2.05) is 6.92 Å². The van der Waals surface area contributed by atoms with Gasteiger partial charge in [0.1, 0.15) is 10.6 Å². The first-order valence-electron chi connectivity index (χ1n) is 5.03. The van der Waals surface area contributed by atoms with Crippen LogP contribution in [-0.2, 0) is 4.74 Å². The number of nitrogen functional groups attached to an aromatic ring is 1. The summed E-state index contributed by atoms with van der Waals surface area (Å²) in [5, 5.41) is 3.70. The van der Waals surface area contributed by atoms with Crippen molar-refractivity contribution >= 4 is 28.3 Å². The van der Waals surface area contributed by atoms with E-state index in [4.69, 9.17) is 16.2 Å². The topological polar surface area (TPSA) is 103 Å². The number of nitrogens with one attached hydrogen (secondary N) is 1. The van der Waals surface area contributed by atoms with E-state index >= 15 is 0 Å². The Bertz CT molecular complexity index is 353. The molecule has 0 aromatic carbocycles. The number of hydrogen-bond acceptors (Lipinski definition) is 6. The molecule has 0 spiro atoms. The summed E-state index contributed by atoms with van der Waals surface area (Å²) in [7, 11) is 0. The molecule has 0 saturated heterocycles. The highest BCUT2D eigenvalue weighted by molar-refractivity contribution is 7.11. The normalized spacial score (nSPS) is 10.3. The van der Waals surface area contributed by atoms with Crippen LogP contribution in [0.4, 0.5) is 10.8 Å². The highest BCUT2D eigenvalue weighted by Crippen LogP contribution is 2.25. The Hall–Kier alpha value is -1.34. The molecule has 0 bridgehead atoms. The maximum Gasteiger partial charge on any atom is 0.255 e. The zero-order valence-electron chi connectivity index (χ0n) is 9.16. The Morgan fingerprint density at radius 1 is 1.62 bits per heavy atom. The van der Waals surface area contributed by atoms with Crippen LogP contribution in [-0.4, -0.2) is 30.0 Å². The van der Waals surface area contributed by atoms with E-state index in [1.165, 1.54) is 0 Å². The van der Waals surface area contributed by atoms with Gasteiger partial charge >= 0.3 is 0 Å². The number of anilines is 2. The third-order valence-corrected chi connectivity index (χ3v) is 2.74. The number of nitrogens with two attached hydrogens (primary N) is 2. The lowest BCUT2D eigenvalue weighted by Crippen LogP contribution is -2.15. The van der Waals surface area contributed by atoms with Crippen molar-refractivity contribution in [1.29, 1.82) is 0 Å². The molecule has 0 saturated carbocycles. The SMILES string of the molecule is CCOCCCNc1snc(N)c1C(N)=O. The van der Waals surface area contributed by atoms with E-state index in [1.54, 1.807) is 0 Å². The second kappa shape index (κ2) is 6.29. The van der Waals surface area contributed by atoms with Crippen molar-refractivity contribution in [2.45, 2.75) is 13.3 Å². The number of nitrogens with zero attached hydrogens (tertiary/aromatic N) is 1. The van der Waals surface area contributed by atoms with E-state index in [0.29, 0.717) is 24.8 Å². The zero-order chi connectivity index (χ0) is 12.0. The molecule has 16 heavy (non-hydrogen) atoms. The van der Waals surface area contributed by atoms with Gasteiger partial charge in [0.25, 0.3) is 5.91 Å². The van der Waals surface area contributed by atoms with Gasteiger partial charge in [-0.2, -0.15) is 4.37 Å². The average Bonchev–Trinajstić information content (AvgIpc) is 2.59. The van der Waals surface area contributed by atoms with Gasteiger partial charge in [-0.15, -0.1) is 0 Å². The van der Waals surface area contributed by atoms with Crippen LogP contribution in [0.1, 0.15) is 23.7 Å². The van der Waals surface area contributed by atoms with Crippen LogP contribution in [0.3, 0.4) is 0 Å². The predicted molar refractivity (Wildman–Crippen MR) is 64.6 cm³/mol. The zero-order valence-corrected chi connectivity index (χ0v) is 9.97. The van der Waals surface area contributed by atoms with Crippen LogP contribution in [0.25, 0.3) is 0 Å². The predicted octanol–water partition coefficient (Wildman–Crippen LogP) is 0.663. The van der Waals surface area contributed by atoms with Crippen LogP contribution in [0.2, 0.25) is 0 Å². The van der Waals surface area contributed by atoms with E-state index in [2.05, 4.69) is 9.69 Å². The number of ether oxygens (including phenoxy) is 1. The van der Waals surface area contributed by atoms with Crippen molar-refractivity contribution in [2.24, 2.45) is 5.73 Å². The molecule has 6 nitrogen and oxygen atoms in total. The number of amides is 1. The van der Waals surface area contributed by atoms with Gasteiger partial charge in [-0.1, -0.05) is 0 Å². The second-order valence-electron chi connectivity index (χ2n) is 3.11. The number of carbonyl (C=O) groups is 1. The molecule has 5 N–H and O–H groups in total. The number of aromatic nitrogens is 1. The van der Waals surface area contributed by atoms with Crippen molar-refractivity contribution in [1.82, 2.24) is 4.37 Å². The van der Waals surface area contributed by atoms with Gasteiger partial charge in [0, 0.05) is 19.8 Å². The van der Waals surface area contributed by atoms with Gasteiger partial charge in [0.05, 0.1) is 0 Å². The highest BCUT2D eigenvalue weighted by Gasteiger charge is 2.15. The summed E-state index contributed by atoms with van der Waals surface area (Å²) in [5.74, 6) is -0.372. The largest absolute Gasteiger partial charge is 0.382 e. The molecule has 0 atom stereocenters. The van der Waals surface area contributed by atoms with E-state index in [0.717, 1.165) is 18.0 Å². The van der Waals surface area contributed by atoms with Crippen LogP contribution >= 0.6 is 11.5 Å². The van der Waals surface area contributed by atoms with Crippen molar-refractivity contribution in [2.75, 3.05) is 30.8 Å². The van der Waals surface area contributed by atoms with Crippen LogP contribution in [0.5, 0.6) is 0 Å². The van der Waals surface area contributed by atoms with Gasteiger partial charge in [-0.05, 0) is 24.9 Å². The number of hydrogen-bond donors (Lipinski definition) is 3. The molecular weight excluding hydrogens is 228 g/mol. The van der Waals surface area contributed by atoms with Crippen LogP contribution < -0.4 is 16.8 Å². The quantitative estimate of drug-likeness (QED) is 0.611. The second-order valence-corrected chi connectivity index (χ2v) is 3.89. The molecule has 90 valence electrons. The van der Waals surface area contributed by atoms with Gasteiger partial charge in [-0.3, -0.25) is 4.79 Å². The first kappa shape index (κ1) is 12.7. The van der Waals surface area contributed by atoms with Gasteiger partial charge in [-0.25, -0.2) is 0 Å². The molecule has 0 aliphatic heterocycles. The Labute approximate surface area is 98.1 Å². The molecule has 0 radical (unpaired) electrons. The monoisotopic (exact) mass is 244 g/mol. The summed E-state index contributed by atoms with van der Waals surface area (Å²) in [4.78, 5) is 11.1. The first-order valence-corrected chi connectivity index (χ1v) is 5.80. The molecule has 1 rings (SSSR count). The van der Waals surface area contributed by atoms with E-state index in [-0.39, 0.29) is 11.4 Å². The van der Waals surface area contributed by atoms with Crippen molar-refractivity contribution in [3.05, 3.63) is 5.56 Å². The van der Waals surface area contributed by atoms with Crippen molar-refractivity contribution in [3.8, 4) is 0 Å². The summed E-state index contributed by atoms with van der Waals surface area (Å²) < 4.78 is 9.06. The maximum absolute atomic E-state index is 11.1. The van der Waals surface area contributed by atoms with Crippen molar-refractivity contribution < 1.29 is 9.53 Å². The molecule has 0 aliphatic rings. The lowest BCUT2D eigenvalue weighted by molar-refractivity contribution is 0.100. The fraction of sp³-hybridized carbons (Fsp3) is 0.556. The third kappa shape index (κ3) is 3.35. The van der Waals surface area contributed by atoms with Crippen LogP contribution in [0.15, 0.2) is 0 Å².